The fourth-order valence-electron chi connectivity index (χ4n) is 1.64. The van der Waals surface area contributed by atoms with Crippen molar-refractivity contribution in [1.82, 2.24) is 4.98 Å². The van der Waals surface area contributed by atoms with E-state index in [2.05, 4.69) is 35.7 Å². The van der Waals surface area contributed by atoms with Gasteiger partial charge in [0.15, 0.2) is 0 Å². The molecule has 20 heavy (non-hydrogen) atoms. The number of pyridine rings is 1. The first-order valence-corrected chi connectivity index (χ1v) is 6.65. The van der Waals surface area contributed by atoms with Crippen LogP contribution in [0.25, 0.3) is 21.3 Å². The van der Waals surface area contributed by atoms with Crippen molar-refractivity contribution in [3.8, 4) is 0 Å². The molecule has 1 aromatic carbocycles. The highest BCUT2D eigenvalue weighted by Gasteiger charge is 2.18. The summed E-state index contributed by atoms with van der Waals surface area (Å²) in [7, 11) is 1.22. The molecule has 0 saturated carbocycles. The lowest BCUT2D eigenvalue weighted by atomic mass is 10.1. The summed E-state index contributed by atoms with van der Waals surface area (Å²) in [6.45, 7) is 0. The maximum absolute atomic E-state index is 11.7. The van der Waals surface area contributed by atoms with Gasteiger partial charge in [-0.15, -0.1) is 0 Å². The third-order valence-electron chi connectivity index (χ3n) is 2.52. The zero-order valence-corrected chi connectivity index (χ0v) is 13.0. The molecule has 0 aliphatic heterocycles. The predicted octanol–water partition coefficient (Wildman–Crippen LogP) is 5.03. The molecule has 2 rings (SSSR count). The van der Waals surface area contributed by atoms with E-state index in [1.54, 1.807) is 6.07 Å². The van der Waals surface area contributed by atoms with Crippen LogP contribution in [0, 0.1) is 0 Å². The first kappa shape index (κ1) is 14.9. The van der Waals surface area contributed by atoms with E-state index in [0.29, 0.717) is 15.4 Å². The van der Waals surface area contributed by atoms with Crippen LogP contribution in [0.15, 0.2) is 21.9 Å². The summed E-state index contributed by atoms with van der Waals surface area (Å²) in [6.07, 6.45) is 1.23. The molecule has 0 unspecified atom stereocenters. The summed E-state index contributed by atoms with van der Waals surface area (Å²) in [5.41, 5.74) is 9.13. The molecule has 0 spiro atoms. The van der Waals surface area contributed by atoms with Crippen molar-refractivity contribution in [3.63, 3.8) is 0 Å². The van der Waals surface area contributed by atoms with Gasteiger partial charge in [0.1, 0.15) is 0 Å². The zero-order chi connectivity index (χ0) is 14.9. The Morgan fingerprint density at radius 2 is 2.20 bits per heavy atom. The molecular formula is C11H5BrCl2N4O2. The van der Waals surface area contributed by atoms with Gasteiger partial charge in [0.25, 0.3) is 0 Å². The van der Waals surface area contributed by atoms with Crippen LogP contribution in [-0.2, 0) is 4.74 Å². The SMILES string of the molecule is COC(=O)c1cnc2c(Cl)c(Cl)c(Br)cc2c1N=[N+]=[N-]. The lowest BCUT2D eigenvalue weighted by Gasteiger charge is -2.09. The number of hydrogen-bond donors (Lipinski definition) is 0. The van der Waals surface area contributed by atoms with E-state index in [9.17, 15) is 4.79 Å². The summed E-state index contributed by atoms with van der Waals surface area (Å²) >= 11 is 15.3. The molecule has 0 amide bonds. The molecule has 0 bridgehead atoms. The Morgan fingerprint density at radius 1 is 1.50 bits per heavy atom. The Balaban J connectivity index is 2.95. The number of methoxy groups -OCH3 is 1. The second-order valence-electron chi connectivity index (χ2n) is 3.58. The number of nitrogens with zero attached hydrogens (tertiary/aromatic N) is 4. The standard InChI is InChI=1S/C11H5BrCl2N4O2/c1-20-11(19)5-3-16-10-4(9(5)17-18-15)2-6(12)7(13)8(10)14/h2-3H,1H3. The maximum atomic E-state index is 11.7. The van der Waals surface area contributed by atoms with Gasteiger partial charge in [-0.1, -0.05) is 28.3 Å². The van der Waals surface area contributed by atoms with Crippen LogP contribution in [0.4, 0.5) is 5.69 Å². The van der Waals surface area contributed by atoms with E-state index in [-0.39, 0.29) is 21.3 Å². The molecule has 0 atom stereocenters. The van der Waals surface area contributed by atoms with Gasteiger partial charge in [-0.2, -0.15) is 0 Å². The van der Waals surface area contributed by atoms with Crippen LogP contribution in [0.3, 0.4) is 0 Å². The summed E-state index contributed by atoms with van der Waals surface area (Å²) < 4.78 is 5.12. The lowest BCUT2D eigenvalue weighted by molar-refractivity contribution is 0.0601. The highest BCUT2D eigenvalue weighted by molar-refractivity contribution is 9.10. The monoisotopic (exact) mass is 374 g/mol. The van der Waals surface area contributed by atoms with Crippen LogP contribution in [0.5, 0.6) is 0 Å². The number of aromatic nitrogens is 1. The Kier molecular flexibility index (Phi) is 4.35. The molecule has 0 radical (unpaired) electrons. The van der Waals surface area contributed by atoms with E-state index in [1.807, 2.05) is 0 Å². The number of esters is 1. The highest BCUT2D eigenvalue weighted by atomic mass is 79.9. The molecule has 102 valence electrons. The van der Waals surface area contributed by atoms with Crippen LogP contribution in [0.1, 0.15) is 10.4 Å². The molecular weight excluding hydrogens is 371 g/mol. The number of halogens is 3. The van der Waals surface area contributed by atoms with Gasteiger partial charge in [-0.05, 0) is 27.5 Å². The van der Waals surface area contributed by atoms with Crippen molar-refractivity contribution in [3.05, 3.63) is 42.8 Å². The van der Waals surface area contributed by atoms with Crippen molar-refractivity contribution in [2.75, 3.05) is 7.11 Å². The average molecular weight is 376 g/mol. The number of azide groups is 1. The molecule has 0 N–H and O–H groups in total. The Bertz CT molecular complexity index is 775. The third-order valence-corrected chi connectivity index (χ3v) is 4.23. The molecule has 6 nitrogen and oxygen atoms in total. The summed E-state index contributed by atoms with van der Waals surface area (Å²) in [5.74, 6) is -0.663. The van der Waals surface area contributed by atoms with Gasteiger partial charge < -0.3 is 4.74 Å². The number of fused-ring (bicyclic) bond motifs is 1. The van der Waals surface area contributed by atoms with Gasteiger partial charge >= 0.3 is 5.97 Å². The highest BCUT2D eigenvalue weighted by Crippen LogP contribution is 2.40. The molecule has 9 heteroatoms. The zero-order valence-electron chi connectivity index (χ0n) is 9.89. The van der Waals surface area contributed by atoms with Crippen LogP contribution < -0.4 is 0 Å². The maximum Gasteiger partial charge on any atom is 0.339 e. The summed E-state index contributed by atoms with van der Waals surface area (Å²) in [4.78, 5) is 18.5. The third kappa shape index (κ3) is 2.41. The summed E-state index contributed by atoms with van der Waals surface area (Å²) in [5, 5.41) is 4.41. The van der Waals surface area contributed by atoms with Crippen LogP contribution in [0.2, 0.25) is 10.0 Å². The average Bonchev–Trinajstić information content (AvgIpc) is 2.45. The number of hydrogen-bond acceptors (Lipinski definition) is 4. The second kappa shape index (κ2) is 5.85. The minimum atomic E-state index is -0.663. The van der Waals surface area contributed by atoms with E-state index < -0.39 is 5.97 Å². The lowest BCUT2D eigenvalue weighted by Crippen LogP contribution is -2.03. The molecule has 0 fully saturated rings. The van der Waals surface area contributed by atoms with Crippen molar-refractivity contribution in [2.45, 2.75) is 0 Å². The predicted molar refractivity (Wildman–Crippen MR) is 79.6 cm³/mol. The van der Waals surface area contributed by atoms with E-state index in [4.69, 9.17) is 28.7 Å². The molecule has 1 heterocycles. The van der Waals surface area contributed by atoms with Crippen LogP contribution >= 0.6 is 39.1 Å². The largest absolute Gasteiger partial charge is 0.465 e. The van der Waals surface area contributed by atoms with E-state index in [1.165, 1.54) is 13.3 Å². The number of ether oxygens (including phenoxy) is 1. The van der Waals surface area contributed by atoms with Gasteiger partial charge in [0, 0.05) is 21.0 Å². The van der Waals surface area contributed by atoms with Gasteiger partial charge in [-0.25, -0.2) is 4.79 Å². The van der Waals surface area contributed by atoms with Gasteiger partial charge in [0.05, 0.1) is 33.9 Å². The minimum absolute atomic E-state index is 0.0445. The fraction of sp³-hybridized carbons (Fsp3) is 0.0909. The number of benzene rings is 1. The molecule has 2 aromatic rings. The first-order valence-electron chi connectivity index (χ1n) is 5.10. The number of carbonyl (C=O) groups excluding carboxylic acids is 1. The first-order chi connectivity index (χ1) is 9.51. The normalized spacial score (nSPS) is 10.2. The van der Waals surface area contributed by atoms with Gasteiger partial charge in [0.2, 0.25) is 0 Å². The van der Waals surface area contributed by atoms with Crippen molar-refractivity contribution in [1.29, 1.82) is 0 Å². The van der Waals surface area contributed by atoms with E-state index in [0.717, 1.165) is 0 Å². The number of rotatable bonds is 2. The second-order valence-corrected chi connectivity index (χ2v) is 5.19. The molecule has 0 aliphatic rings. The smallest absolute Gasteiger partial charge is 0.339 e. The summed E-state index contributed by atoms with van der Waals surface area (Å²) in [6, 6.07) is 1.58. The molecule has 0 saturated heterocycles. The minimum Gasteiger partial charge on any atom is -0.465 e. The van der Waals surface area contributed by atoms with Crippen LogP contribution in [-0.4, -0.2) is 18.1 Å². The van der Waals surface area contributed by atoms with Crippen molar-refractivity contribution >= 4 is 61.7 Å². The quantitative estimate of drug-likeness (QED) is 0.242. The topological polar surface area (TPSA) is 88.0 Å². The van der Waals surface area contributed by atoms with Crippen molar-refractivity contribution in [2.24, 2.45) is 5.11 Å². The molecule has 0 aliphatic carbocycles. The Morgan fingerprint density at radius 3 is 2.80 bits per heavy atom. The Labute approximate surface area is 131 Å². The number of carbonyl (C=O) groups is 1. The van der Waals surface area contributed by atoms with E-state index >= 15 is 0 Å². The fourth-order valence-corrected chi connectivity index (χ4v) is 2.58. The van der Waals surface area contributed by atoms with Crippen molar-refractivity contribution < 1.29 is 9.53 Å². The Hall–Kier alpha value is -1.53. The molecule has 1 aromatic heterocycles. The van der Waals surface area contributed by atoms with Gasteiger partial charge in [-0.3, -0.25) is 4.98 Å².